The van der Waals surface area contributed by atoms with E-state index in [2.05, 4.69) is 15.2 Å². The molecule has 0 radical (unpaired) electrons. The van der Waals surface area contributed by atoms with Crippen molar-refractivity contribution in [1.82, 2.24) is 5.16 Å². The van der Waals surface area contributed by atoms with E-state index in [1.54, 1.807) is 13.0 Å². The number of hydrogen-bond donors (Lipinski definition) is 1. The van der Waals surface area contributed by atoms with Crippen molar-refractivity contribution < 1.29 is 28.3 Å². The molecule has 0 aliphatic rings. The van der Waals surface area contributed by atoms with E-state index >= 15 is 0 Å². The number of carbonyl (C=O) groups excluding carboxylic acids is 2. The Labute approximate surface area is 225 Å². The number of rotatable bonds is 10. The van der Waals surface area contributed by atoms with E-state index in [0.717, 1.165) is 22.3 Å². The summed E-state index contributed by atoms with van der Waals surface area (Å²) in [6.45, 7) is 2.28. The molecule has 38 heavy (non-hydrogen) atoms. The van der Waals surface area contributed by atoms with Crippen LogP contribution in [-0.4, -0.2) is 30.9 Å². The molecule has 0 bridgehead atoms. The monoisotopic (exact) mass is 534 g/mol. The summed E-state index contributed by atoms with van der Waals surface area (Å²) < 4.78 is 21.3. The number of aromatic nitrogens is 1. The molecule has 0 unspecified atom stereocenters. The number of halogens is 1. The molecule has 196 valence electrons. The average Bonchev–Trinajstić information content (AvgIpc) is 3.29. The number of hydrogen-bond acceptors (Lipinski definition) is 7. The highest BCUT2D eigenvalue weighted by Crippen LogP contribution is 2.31. The van der Waals surface area contributed by atoms with Gasteiger partial charge in [0, 0.05) is 17.0 Å². The summed E-state index contributed by atoms with van der Waals surface area (Å²) in [5.41, 5.74) is 4.42. The Kier molecular flexibility index (Phi) is 9.00. The highest BCUT2D eigenvalue weighted by Gasteiger charge is 2.18. The molecule has 4 rings (SSSR count). The first-order valence-corrected chi connectivity index (χ1v) is 12.3. The van der Waals surface area contributed by atoms with Gasteiger partial charge in [0.05, 0.1) is 20.1 Å². The number of aryl methyl sites for hydroxylation is 1. The quantitative estimate of drug-likeness (QED) is 0.235. The van der Waals surface area contributed by atoms with Gasteiger partial charge >= 0.3 is 12.1 Å². The second-order valence-corrected chi connectivity index (χ2v) is 8.86. The number of carbonyl (C=O) groups is 2. The van der Waals surface area contributed by atoms with Crippen LogP contribution in [0.2, 0.25) is 5.02 Å². The maximum Gasteiger partial charge on any atom is 0.411 e. The van der Waals surface area contributed by atoms with Crippen molar-refractivity contribution in [3.63, 3.8) is 0 Å². The molecule has 0 saturated heterocycles. The standard InChI is InChI=1S/C29H27ClN2O6/c1-19-27(31-29(34)36-16-15-22-5-3-4-6-25(22)30)28(38-32-19)23-11-7-21(8-12-23)18-37-24-13-9-20(10-14-24)17-26(33)35-2/h3-14H,15-18H2,1-2H3,(H,31,34). The van der Waals surface area contributed by atoms with Gasteiger partial charge in [0.2, 0.25) is 0 Å². The molecular formula is C29H27ClN2O6. The summed E-state index contributed by atoms with van der Waals surface area (Å²) in [4.78, 5) is 23.8. The first kappa shape index (κ1) is 26.8. The number of ether oxygens (including phenoxy) is 3. The largest absolute Gasteiger partial charge is 0.489 e. The minimum absolute atomic E-state index is 0.179. The van der Waals surface area contributed by atoms with E-state index in [9.17, 15) is 9.59 Å². The fourth-order valence-corrected chi connectivity index (χ4v) is 3.90. The Morgan fingerprint density at radius 3 is 2.39 bits per heavy atom. The third-order valence-corrected chi connectivity index (χ3v) is 6.14. The minimum atomic E-state index is -0.604. The van der Waals surface area contributed by atoms with Crippen molar-refractivity contribution in [3.8, 4) is 17.1 Å². The van der Waals surface area contributed by atoms with Gasteiger partial charge in [-0.1, -0.05) is 71.4 Å². The molecule has 9 heteroatoms. The highest BCUT2D eigenvalue weighted by molar-refractivity contribution is 6.31. The van der Waals surface area contributed by atoms with E-state index in [4.69, 9.17) is 25.6 Å². The molecule has 8 nitrogen and oxygen atoms in total. The van der Waals surface area contributed by atoms with Crippen LogP contribution in [0.15, 0.2) is 77.3 Å². The molecule has 1 aromatic heterocycles. The molecule has 0 aliphatic heterocycles. The zero-order valence-electron chi connectivity index (χ0n) is 21.0. The summed E-state index contributed by atoms with van der Waals surface area (Å²) in [5, 5.41) is 7.37. The molecule has 1 amide bonds. The number of benzene rings is 3. The second kappa shape index (κ2) is 12.8. The molecule has 3 aromatic carbocycles. The van der Waals surface area contributed by atoms with Crippen LogP contribution in [0, 0.1) is 6.92 Å². The van der Waals surface area contributed by atoms with Crippen molar-refractivity contribution in [1.29, 1.82) is 0 Å². The van der Waals surface area contributed by atoms with Crippen molar-refractivity contribution in [2.75, 3.05) is 19.0 Å². The van der Waals surface area contributed by atoms with Gasteiger partial charge in [0.15, 0.2) is 5.76 Å². The maximum atomic E-state index is 12.4. The lowest BCUT2D eigenvalue weighted by Crippen LogP contribution is -2.16. The number of nitrogens with zero attached hydrogens (tertiary/aromatic N) is 1. The van der Waals surface area contributed by atoms with Crippen molar-refractivity contribution in [3.05, 3.63) is 100 Å². The van der Waals surface area contributed by atoms with Gasteiger partial charge in [0.1, 0.15) is 23.7 Å². The number of esters is 1. The second-order valence-electron chi connectivity index (χ2n) is 8.46. The summed E-state index contributed by atoms with van der Waals surface area (Å²) in [5.74, 6) is 0.830. The average molecular weight is 535 g/mol. The van der Waals surface area contributed by atoms with Gasteiger partial charge in [-0.15, -0.1) is 0 Å². The number of methoxy groups -OCH3 is 1. The Hall–Kier alpha value is -4.30. The third kappa shape index (κ3) is 7.14. The van der Waals surface area contributed by atoms with Crippen LogP contribution in [0.4, 0.5) is 10.5 Å². The lowest BCUT2D eigenvalue weighted by atomic mass is 10.1. The topological polar surface area (TPSA) is 99.9 Å². The fourth-order valence-electron chi connectivity index (χ4n) is 3.67. The van der Waals surface area contributed by atoms with E-state index in [1.165, 1.54) is 7.11 Å². The van der Waals surface area contributed by atoms with Crippen LogP contribution in [0.5, 0.6) is 5.75 Å². The van der Waals surface area contributed by atoms with Gasteiger partial charge in [-0.05, 0) is 41.8 Å². The zero-order valence-corrected chi connectivity index (χ0v) is 21.8. The van der Waals surface area contributed by atoms with E-state index in [-0.39, 0.29) is 19.0 Å². The molecule has 0 spiro atoms. The van der Waals surface area contributed by atoms with Crippen LogP contribution in [-0.2, 0) is 33.7 Å². The van der Waals surface area contributed by atoms with Crippen LogP contribution in [0.1, 0.15) is 22.4 Å². The van der Waals surface area contributed by atoms with Gasteiger partial charge in [-0.25, -0.2) is 4.79 Å². The van der Waals surface area contributed by atoms with E-state index < -0.39 is 6.09 Å². The fraction of sp³-hybridized carbons (Fsp3) is 0.207. The normalized spacial score (nSPS) is 10.6. The maximum absolute atomic E-state index is 12.4. The molecule has 0 aliphatic carbocycles. The Bertz CT molecular complexity index is 1380. The molecule has 0 atom stereocenters. The minimum Gasteiger partial charge on any atom is -0.489 e. The van der Waals surface area contributed by atoms with Gasteiger partial charge < -0.3 is 18.7 Å². The molecule has 4 aromatic rings. The zero-order chi connectivity index (χ0) is 26.9. The summed E-state index contributed by atoms with van der Waals surface area (Å²) in [6, 6.07) is 22.3. The Morgan fingerprint density at radius 2 is 1.68 bits per heavy atom. The molecule has 0 fully saturated rings. The number of anilines is 1. The summed E-state index contributed by atoms with van der Waals surface area (Å²) in [6.07, 6.45) is 0.118. The number of nitrogens with one attached hydrogen (secondary N) is 1. The molecular weight excluding hydrogens is 508 g/mol. The first-order valence-electron chi connectivity index (χ1n) is 11.9. The van der Waals surface area contributed by atoms with Crippen LogP contribution >= 0.6 is 11.6 Å². The SMILES string of the molecule is COC(=O)Cc1ccc(OCc2ccc(-c3onc(C)c3NC(=O)OCCc3ccccc3Cl)cc2)cc1. The van der Waals surface area contributed by atoms with Crippen LogP contribution in [0.25, 0.3) is 11.3 Å². The Balaban J connectivity index is 1.32. The number of amides is 1. The lowest BCUT2D eigenvalue weighted by Gasteiger charge is -2.09. The van der Waals surface area contributed by atoms with Crippen LogP contribution in [0.3, 0.4) is 0 Å². The summed E-state index contributed by atoms with van der Waals surface area (Å²) >= 11 is 6.15. The highest BCUT2D eigenvalue weighted by atomic mass is 35.5. The molecule has 1 N–H and O–H groups in total. The van der Waals surface area contributed by atoms with Gasteiger partial charge in [0.25, 0.3) is 0 Å². The Morgan fingerprint density at radius 1 is 0.974 bits per heavy atom. The lowest BCUT2D eigenvalue weighted by molar-refractivity contribution is -0.139. The van der Waals surface area contributed by atoms with E-state index in [1.807, 2.05) is 66.7 Å². The predicted molar refractivity (Wildman–Crippen MR) is 143 cm³/mol. The van der Waals surface area contributed by atoms with Gasteiger partial charge in [-0.3, -0.25) is 10.1 Å². The van der Waals surface area contributed by atoms with Crippen molar-refractivity contribution in [2.45, 2.75) is 26.4 Å². The van der Waals surface area contributed by atoms with Crippen LogP contribution < -0.4 is 10.1 Å². The smallest absolute Gasteiger partial charge is 0.411 e. The van der Waals surface area contributed by atoms with Crippen molar-refractivity contribution in [2.24, 2.45) is 0 Å². The van der Waals surface area contributed by atoms with Crippen molar-refractivity contribution >= 4 is 29.4 Å². The molecule has 0 saturated carbocycles. The molecule has 1 heterocycles. The predicted octanol–water partition coefficient (Wildman–Crippen LogP) is 6.39. The summed E-state index contributed by atoms with van der Waals surface area (Å²) in [7, 11) is 1.37. The van der Waals surface area contributed by atoms with E-state index in [0.29, 0.717) is 40.9 Å². The van der Waals surface area contributed by atoms with Gasteiger partial charge in [-0.2, -0.15) is 0 Å². The third-order valence-electron chi connectivity index (χ3n) is 5.77. The first-order chi connectivity index (χ1) is 18.4.